The Balaban J connectivity index is 3.46. The predicted molar refractivity (Wildman–Crippen MR) is 41.3 cm³/mol. The fourth-order valence-electron chi connectivity index (χ4n) is 0.861. The maximum atomic E-state index is 10.5. The molecular formula is C7H5O5S. The lowest BCUT2D eigenvalue weighted by Gasteiger charge is -1.99. The minimum atomic E-state index is -4.71. The molecule has 0 heterocycles. The van der Waals surface area contributed by atoms with Crippen LogP contribution in [0.25, 0.3) is 0 Å². The molecule has 1 aromatic rings. The van der Waals surface area contributed by atoms with Crippen LogP contribution in [0, 0.1) is 0 Å². The molecule has 0 aliphatic rings. The molecule has 1 rings (SSSR count). The van der Waals surface area contributed by atoms with E-state index in [9.17, 15) is 17.8 Å². The van der Waals surface area contributed by atoms with Crippen molar-refractivity contribution in [1.29, 1.82) is 0 Å². The van der Waals surface area contributed by atoms with Crippen molar-refractivity contribution in [3.05, 3.63) is 29.8 Å². The Labute approximate surface area is 74.4 Å². The van der Waals surface area contributed by atoms with E-state index in [2.05, 4.69) is 0 Å². The van der Waals surface area contributed by atoms with Gasteiger partial charge in [-0.2, -0.15) is 8.42 Å². The van der Waals surface area contributed by atoms with Crippen molar-refractivity contribution >= 4 is 16.1 Å². The normalized spacial score (nSPS) is 11.2. The second-order valence-corrected chi connectivity index (χ2v) is 3.60. The minimum absolute atomic E-state index is 0.502. The van der Waals surface area contributed by atoms with Crippen molar-refractivity contribution in [2.24, 2.45) is 0 Å². The number of hydrogen-bond donors (Lipinski definition) is 1. The summed E-state index contributed by atoms with van der Waals surface area (Å²) in [5, 5.41) is 8.53. The number of carboxylic acid groups (broad SMARTS) is 1. The maximum Gasteiger partial charge on any atom is 0.337 e. The van der Waals surface area contributed by atoms with Gasteiger partial charge in [-0.05, 0) is 12.1 Å². The lowest BCUT2D eigenvalue weighted by molar-refractivity contribution is 0.0692. The number of aromatic carboxylic acids is 1. The van der Waals surface area contributed by atoms with Gasteiger partial charge in [0.25, 0.3) is 0 Å². The Bertz CT molecular complexity index is 434. The fraction of sp³-hybridized carbons (Fsp3) is 0. The number of carbonyl (C=O) groups is 1. The molecule has 1 aromatic carbocycles. The zero-order valence-corrected chi connectivity index (χ0v) is 7.11. The van der Waals surface area contributed by atoms with Crippen LogP contribution in [-0.2, 0) is 14.7 Å². The van der Waals surface area contributed by atoms with Gasteiger partial charge in [-0.3, -0.25) is 0 Å². The zero-order chi connectivity index (χ0) is 10.1. The molecule has 0 saturated carbocycles. The monoisotopic (exact) mass is 201 g/mol. The Morgan fingerprint density at radius 3 is 2.15 bits per heavy atom. The average Bonchev–Trinajstić information content (AvgIpc) is 2.03. The van der Waals surface area contributed by atoms with Gasteiger partial charge in [-0.1, -0.05) is 16.7 Å². The van der Waals surface area contributed by atoms with Crippen molar-refractivity contribution in [1.82, 2.24) is 0 Å². The summed E-state index contributed by atoms with van der Waals surface area (Å²) in [7, 11) is -4.71. The minimum Gasteiger partial charge on any atom is -0.478 e. The third-order valence-electron chi connectivity index (χ3n) is 1.39. The molecule has 6 heteroatoms. The van der Waals surface area contributed by atoms with Gasteiger partial charge in [-0.25, -0.2) is 4.79 Å². The largest absolute Gasteiger partial charge is 0.478 e. The van der Waals surface area contributed by atoms with Crippen LogP contribution in [0.4, 0.5) is 0 Å². The first-order valence-electron chi connectivity index (χ1n) is 3.21. The summed E-state index contributed by atoms with van der Waals surface area (Å²) in [5.41, 5.74) is -0.502. The second kappa shape index (κ2) is 3.15. The number of benzene rings is 1. The molecule has 0 aliphatic carbocycles. The molecule has 1 N–H and O–H groups in total. The van der Waals surface area contributed by atoms with Crippen LogP contribution in [0.3, 0.4) is 0 Å². The molecular weight excluding hydrogens is 196 g/mol. The second-order valence-electron chi connectivity index (χ2n) is 2.26. The number of hydrogen-bond acceptors (Lipinski definition) is 3. The van der Waals surface area contributed by atoms with Gasteiger partial charge in [0.05, 0.1) is 5.56 Å². The molecule has 0 spiro atoms. The number of rotatable bonds is 2. The van der Waals surface area contributed by atoms with Gasteiger partial charge in [-0.15, -0.1) is 0 Å². The van der Waals surface area contributed by atoms with E-state index < -0.39 is 26.5 Å². The standard InChI is InChI=1S/C7H5O5S/c8-7(9)5-3-1-2-4-6(5)13(10,11)12/h1-4H,(H,8,9). The summed E-state index contributed by atoms with van der Waals surface area (Å²) in [4.78, 5) is 9.76. The highest BCUT2D eigenvalue weighted by atomic mass is 32.2. The summed E-state index contributed by atoms with van der Waals surface area (Å²) in [6.07, 6.45) is 0. The van der Waals surface area contributed by atoms with Gasteiger partial charge >= 0.3 is 16.1 Å². The first-order valence-corrected chi connectivity index (χ1v) is 4.62. The maximum absolute atomic E-state index is 10.5. The van der Waals surface area contributed by atoms with E-state index in [0.717, 1.165) is 12.1 Å². The van der Waals surface area contributed by atoms with Crippen molar-refractivity contribution in [2.45, 2.75) is 4.90 Å². The molecule has 0 unspecified atom stereocenters. The van der Waals surface area contributed by atoms with Crippen LogP contribution in [0.2, 0.25) is 0 Å². The van der Waals surface area contributed by atoms with Gasteiger partial charge in [0.1, 0.15) is 4.90 Å². The lowest BCUT2D eigenvalue weighted by Crippen LogP contribution is -2.06. The van der Waals surface area contributed by atoms with Crippen LogP contribution < -0.4 is 0 Å². The van der Waals surface area contributed by atoms with E-state index in [-0.39, 0.29) is 0 Å². The summed E-state index contributed by atoms with van der Waals surface area (Å²) in [5.74, 6) is -1.44. The van der Waals surface area contributed by atoms with Crippen molar-refractivity contribution < 1.29 is 22.9 Å². The topological polar surface area (TPSA) is 91.3 Å². The van der Waals surface area contributed by atoms with Crippen molar-refractivity contribution in [2.75, 3.05) is 0 Å². The Morgan fingerprint density at radius 2 is 1.77 bits per heavy atom. The molecule has 0 aliphatic heterocycles. The summed E-state index contributed by atoms with van der Waals surface area (Å²) in [6, 6.07) is 4.66. The predicted octanol–water partition coefficient (Wildman–Crippen LogP) is 0.504. The van der Waals surface area contributed by atoms with Crippen molar-refractivity contribution in [3.63, 3.8) is 0 Å². The molecule has 69 valence electrons. The highest BCUT2D eigenvalue weighted by molar-refractivity contribution is 7.85. The highest BCUT2D eigenvalue weighted by Crippen LogP contribution is 2.14. The van der Waals surface area contributed by atoms with Crippen LogP contribution in [0.1, 0.15) is 10.4 Å². The van der Waals surface area contributed by atoms with Gasteiger partial charge in [0, 0.05) is 0 Å². The third-order valence-corrected chi connectivity index (χ3v) is 2.28. The van der Waals surface area contributed by atoms with Crippen molar-refractivity contribution in [3.8, 4) is 0 Å². The molecule has 0 atom stereocenters. The van der Waals surface area contributed by atoms with Crippen LogP contribution in [0.5, 0.6) is 0 Å². The smallest absolute Gasteiger partial charge is 0.337 e. The highest BCUT2D eigenvalue weighted by Gasteiger charge is 2.20. The third kappa shape index (κ3) is 2.04. The van der Waals surface area contributed by atoms with Gasteiger partial charge < -0.3 is 5.11 Å². The molecule has 5 nitrogen and oxygen atoms in total. The van der Waals surface area contributed by atoms with Crippen LogP contribution in [-0.4, -0.2) is 19.5 Å². The van der Waals surface area contributed by atoms with E-state index in [0.29, 0.717) is 0 Å². The Morgan fingerprint density at radius 1 is 1.23 bits per heavy atom. The Hall–Kier alpha value is -1.40. The van der Waals surface area contributed by atoms with E-state index >= 15 is 0 Å². The first-order chi connectivity index (χ1) is 5.93. The summed E-state index contributed by atoms with van der Waals surface area (Å²) < 4.78 is 31.6. The summed E-state index contributed by atoms with van der Waals surface area (Å²) in [6.45, 7) is 0. The summed E-state index contributed by atoms with van der Waals surface area (Å²) >= 11 is 0. The number of carboxylic acids is 1. The molecule has 0 aromatic heterocycles. The molecule has 0 fully saturated rings. The quantitative estimate of drug-likeness (QED) is 0.754. The molecule has 0 bridgehead atoms. The van der Waals surface area contributed by atoms with Gasteiger partial charge in [0.2, 0.25) is 0 Å². The zero-order valence-electron chi connectivity index (χ0n) is 6.30. The molecule has 13 heavy (non-hydrogen) atoms. The molecule has 0 saturated heterocycles. The van der Waals surface area contributed by atoms with E-state index in [4.69, 9.17) is 5.11 Å². The van der Waals surface area contributed by atoms with E-state index in [1.807, 2.05) is 0 Å². The lowest BCUT2D eigenvalue weighted by atomic mass is 10.2. The van der Waals surface area contributed by atoms with Crippen LogP contribution >= 0.6 is 0 Å². The van der Waals surface area contributed by atoms with Crippen LogP contribution in [0.15, 0.2) is 29.2 Å². The first kappa shape index (κ1) is 9.69. The molecule has 1 radical (unpaired) electrons. The fourth-order valence-corrected chi connectivity index (χ4v) is 1.53. The average molecular weight is 201 g/mol. The van der Waals surface area contributed by atoms with E-state index in [1.54, 1.807) is 0 Å². The van der Waals surface area contributed by atoms with E-state index in [1.165, 1.54) is 12.1 Å². The Kier molecular flexibility index (Phi) is 2.35. The molecule has 0 amide bonds. The SMILES string of the molecule is [O]S(=O)(=O)c1ccccc1C(=O)O. The van der Waals surface area contributed by atoms with Gasteiger partial charge in [0.15, 0.2) is 0 Å².